The minimum Gasteiger partial charge on any atom is -0.480 e. The maximum absolute atomic E-state index is 12.2. The number of primary amides is 1. The Balaban J connectivity index is 2.38. The van der Waals surface area contributed by atoms with Crippen molar-refractivity contribution in [2.24, 2.45) is 5.73 Å². The lowest BCUT2D eigenvalue weighted by Crippen LogP contribution is -2.49. The number of nitrogens with two attached hydrogens (primary N) is 1. The molecule has 0 bridgehead atoms. The van der Waals surface area contributed by atoms with Crippen LogP contribution in [0.4, 0.5) is 0 Å². The predicted molar refractivity (Wildman–Crippen MR) is 99.5 cm³/mol. The van der Waals surface area contributed by atoms with E-state index in [9.17, 15) is 19.5 Å². The molecule has 142 valence electrons. The molecule has 0 saturated carbocycles. The van der Waals surface area contributed by atoms with E-state index in [0.29, 0.717) is 12.1 Å². The van der Waals surface area contributed by atoms with Gasteiger partial charge in [0.25, 0.3) is 0 Å². The van der Waals surface area contributed by atoms with Crippen LogP contribution < -0.4 is 10.5 Å². The van der Waals surface area contributed by atoms with Crippen molar-refractivity contribution in [1.29, 1.82) is 0 Å². The molecule has 7 nitrogen and oxygen atoms in total. The van der Waals surface area contributed by atoms with Crippen molar-refractivity contribution in [2.75, 3.05) is 20.6 Å². The lowest BCUT2D eigenvalue weighted by atomic mass is 9.76. The first-order valence-corrected chi connectivity index (χ1v) is 8.33. The highest BCUT2D eigenvalue weighted by molar-refractivity contribution is 6.07. The average molecular weight is 370 g/mol. The highest BCUT2D eigenvalue weighted by atomic mass is 16.5. The molecule has 0 aliphatic heterocycles. The zero-order valence-corrected chi connectivity index (χ0v) is 15.2. The molecule has 0 fully saturated rings. The lowest BCUT2D eigenvalue weighted by Gasteiger charge is -2.28. The van der Waals surface area contributed by atoms with E-state index < -0.39 is 23.3 Å². The second-order valence-corrected chi connectivity index (χ2v) is 6.41. The average Bonchev–Trinajstić information content (AvgIpc) is 2.62. The molecule has 0 aliphatic carbocycles. The Morgan fingerprint density at radius 1 is 1.07 bits per heavy atom. The highest BCUT2D eigenvalue weighted by Crippen LogP contribution is 2.31. The second-order valence-electron chi connectivity index (χ2n) is 6.41. The summed E-state index contributed by atoms with van der Waals surface area (Å²) in [6.07, 6.45) is -0.0131. The quantitative estimate of drug-likeness (QED) is 0.415. The minimum absolute atomic E-state index is 0.0131. The molecule has 1 amide bonds. The molecule has 2 aromatic rings. The molecule has 7 heteroatoms. The van der Waals surface area contributed by atoms with Crippen LogP contribution in [0, 0.1) is 0 Å². The van der Waals surface area contributed by atoms with Gasteiger partial charge in [0, 0.05) is 0 Å². The van der Waals surface area contributed by atoms with Gasteiger partial charge >= 0.3 is 11.9 Å². The number of esters is 1. The van der Waals surface area contributed by atoms with E-state index in [1.807, 2.05) is 0 Å². The minimum atomic E-state index is -1.92. The topological polar surface area (TPSA) is 110 Å². The fourth-order valence-electron chi connectivity index (χ4n) is 2.70. The number of carbonyl (C=O) groups is 3. The summed E-state index contributed by atoms with van der Waals surface area (Å²) in [4.78, 5) is 38.1. The van der Waals surface area contributed by atoms with Crippen molar-refractivity contribution in [1.82, 2.24) is 4.90 Å². The number of carboxylic acid groups (broad SMARTS) is 1. The Kier molecular flexibility index (Phi) is 6.31. The summed E-state index contributed by atoms with van der Waals surface area (Å²) in [5.41, 5.74) is 4.10. The second kappa shape index (κ2) is 8.46. The molecule has 0 aliphatic rings. The Labute approximate surface area is 157 Å². The van der Waals surface area contributed by atoms with Gasteiger partial charge in [-0.1, -0.05) is 30.3 Å². The van der Waals surface area contributed by atoms with E-state index in [1.54, 1.807) is 49.3 Å². The summed E-state index contributed by atoms with van der Waals surface area (Å²) in [6, 6.07) is 14.3. The zero-order valence-electron chi connectivity index (χ0n) is 15.2. The number of benzene rings is 2. The van der Waals surface area contributed by atoms with Gasteiger partial charge in [0.05, 0.1) is 5.56 Å². The summed E-state index contributed by atoms with van der Waals surface area (Å²) in [6.45, 7) is 0.337. The molecule has 0 heterocycles. The van der Waals surface area contributed by atoms with Crippen LogP contribution in [0.1, 0.15) is 22.3 Å². The maximum atomic E-state index is 12.2. The lowest BCUT2D eigenvalue weighted by molar-refractivity contribution is -0.149. The summed E-state index contributed by atoms with van der Waals surface area (Å²) in [5, 5.41) is 9.78. The first-order chi connectivity index (χ1) is 12.8. The van der Waals surface area contributed by atoms with E-state index in [1.165, 1.54) is 24.3 Å². The van der Waals surface area contributed by atoms with Crippen molar-refractivity contribution < 1.29 is 24.2 Å². The smallest absolute Gasteiger partial charge is 0.343 e. The number of amides is 1. The SMILES string of the molecule is CN(C)CCC(C(N)=O)(C(=O)O)c1cccc(OC(=O)c2ccccc2)c1. The van der Waals surface area contributed by atoms with E-state index in [-0.39, 0.29) is 17.7 Å². The summed E-state index contributed by atoms with van der Waals surface area (Å²) >= 11 is 0. The molecule has 1 unspecified atom stereocenters. The molecule has 0 spiro atoms. The van der Waals surface area contributed by atoms with Gasteiger partial charge in [0.1, 0.15) is 5.75 Å². The van der Waals surface area contributed by atoms with Crippen molar-refractivity contribution in [3.8, 4) is 5.75 Å². The van der Waals surface area contributed by atoms with E-state index in [2.05, 4.69) is 0 Å². The van der Waals surface area contributed by atoms with Crippen LogP contribution in [-0.4, -0.2) is 48.5 Å². The first-order valence-electron chi connectivity index (χ1n) is 8.33. The number of carboxylic acids is 1. The summed E-state index contributed by atoms with van der Waals surface area (Å²) in [7, 11) is 3.54. The van der Waals surface area contributed by atoms with Crippen LogP contribution >= 0.6 is 0 Å². The van der Waals surface area contributed by atoms with Gasteiger partial charge in [-0.25, -0.2) is 4.79 Å². The Hall–Kier alpha value is -3.19. The third-order valence-electron chi connectivity index (χ3n) is 4.27. The fraction of sp³-hybridized carbons (Fsp3) is 0.250. The zero-order chi connectivity index (χ0) is 20.0. The fourth-order valence-corrected chi connectivity index (χ4v) is 2.70. The number of nitrogens with zero attached hydrogens (tertiary/aromatic N) is 1. The van der Waals surface area contributed by atoms with Gasteiger partial charge in [0.15, 0.2) is 5.41 Å². The van der Waals surface area contributed by atoms with Crippen molar-refractivity contribution in [3.05, 3.63) is 65.7 Å². The third kappa shape index (κ3) is 4.51. The number of ether oxygens (including phenoxy) is 1. The van der Waals surface area contributed by atoms with E-state index >= 15 is 0 Å². The summed E-state index contributed by atoms with van der Waals surface area (Å²) < 4.78 is 5.33. The van der Waals surface area contributed by atoms with Crippen molar-refractivity contribution in [3.63, 3.8) is 0 Å². The van der Waals surface area contributed by atoms with Gasteiger partial charge < -0.3 is 20.5 Å². The van der Waals surface area contributed by atoms with Crippen molar-refractivity contribution in [2.45, 2.75) is 11.8 Å². The van der Waals surface area contributed by atoms with E-state index in [0.717, 1.165) is 0 Å². The largest absolute Gasteiger partial charge is 0.480 e. The van der Waals surface area contributed by atoms with E-state index in [4.69, 9.17) is 10.5 Å². The molecule has 0 saturated heterocycles. The molecule has 3 N–H and O–H groups in total. The molecule has 1 atom stereocenters. The predicted octanol–water partition coefficient (Wildman–Crippen LogP) is 1.67. The summed E-state index contributed by atoms with van der Waals surface area (Å²) in [5.74, 6) is -2.76. The van der Waals surface area contributed by atoms with Crippen molar-refractivity contribution >= 4 is 17.8 Å². The van der Waals surface area contributed by atoms with Crippen LogP contribution in [0.2, 0.25) is 0 Å². The van der Waals surface area contributed by atoms with Crippen LogP contribution in [0.5, 0.6) is 5.75 Å². The first kappa shape index (κ1) is 20.1. The van der Waals surface area contributed by atoms with Gasteiger partial charge in [0.2, 0.25) is 5.91 Å². The van der Waals surface area contributed by atoms with Crippen LogP contribution in [-0.2, 0) is 15.0 Å². The van der Waals surface area contributed by atoms with Gasteiger partial charge in [-0.2, -0.15) is 0 Å². The number of aliphatic carboxylic acids is 1. The maximum Gasteiger partial charge on any atom is 0.343 e. The Bertz CT molecular complexity index is 819. The molecule has 0 radical (unpaired) electrons. The Morgan fingerprint density at radius 3 is 2.30 bits per heavy atom. The molecule has 27 heavy (non-hydrogen) atoms. The molecular weight excluding hydrogens is 348 g/mol. The molecular formula is C20H22N2O5. The van der Waals surface area contributed by atoms with Gasteiger partial charge in [-0.15, -0.1) is 0 Å². The molecule has 2 aromatic carbocycles. The van der Waals surface area contributed by atoms with Crippen LogP contribution in [0.15, 0.2) is 54.6 Å². The normalized spacial score (nSPS) is 13.0. The van der Waals surface area contributed by atoms with Gasteiger partial charge in [-0.05, 0) is 56.9 Å². The monoisotopic (exact) mass is 370 g/mol. The Morgan fingerprint density at radius 2 is 1.74 bits per heavy atom. The third-order valence-corrected chi connectivity index (χ3v) is 4.27. The highest BCUT2D eigenvalue weighted by Gasteiger charge is 2.46. The number of hydrogen-bond donors (Lipinski definition) is 2. The van der Waals surface area contributed by atoms with Crippen LogP contribution in [0.3, 0.4) is 0 Å². The van der Waals surface area contributed by atoms with Crippen LogP contribution in [0.25, 0.3) is 0 Å². The van der Waals surface area contributed by atoms with Gasteiger partial charge in [-0.3, -0.25) is 9.59 Å². The number of hydrogen-bond acceptors (Lipinski definition) is 5. The molecule has 0 aromatic heterocycles. The standard InChI is InChI=1S/C20H22N2O5/c1-22(2)12-11-20(18(21)24,19(25)26)15-9-6-10-16(13-15)27-17(23)14-7-4-3-5-8-14/h3-10,13H,11-12H2,1-2H3,(H2,21,24)(H,25,26). The molecule has 2 rings (SSSR count). The number of rotatable bonds is 8. The number of carbonyl (C=O) groups excluding carboxylic acids is 2.